The number of aliphatic carboxylic acids is 1. The van der Waals surface area contributed by atoms with Gasteiger partial charge in [0.25, 0.3) is 0 Å². The summed E-state index contributed by atoms with van der Waals surface area (Å²) in [5, 5.41) is 11.5. The van der Waals surface area contributed by atoms with Crippen molar-refractivity contribution in [1.29, 1.82) is 0 Å². The molecule has 0 bridgehead atoms. The molecule has 0 saturated carbocycles. The second-order valence-electron chi connectivity index (χ2n) is 5.45. The molecule has 4 N–H and O–H groups in total. The summed E-state index contributed by atoms with van der Waals surface area (Å²) in [4.78, 5) is 34.9. The minimum atomic E-state index is -0.988. The predicted octanol–water partition coefficient (Wildman–Crippen LogP) is 0.393. The van der Waals surface area contributed by atoms with Crippen molar-refractivity contribution in [2.75, 3.05) is 13.1 Å². The maximum atomic E-state index is 12.0. The Morgan fingerprint density at radius 1 is 1.32 bits per heavy atom. The zero-order valence-electron chi connectivity index (χ0n) is 11.9. The summed E-state index contributed by atoms with van der Waals surface area (Å²) in [6.45, 7) is 7.36. The zero-order chi connectivity index (χ0) is 15.2. The molecule has 1 atom stereocenters. The average molecular weight is 273 g/mol. The van der Waals surface area contributed by atoms with Gasteiger partial charge in [-0.05, 0) is 12.3 Å². The molecule has 0 rings (SSSR count). The smallest absolute Gasteiger partial charge is 0.318 e. The molecule has 0 aliphatic heterocycles. The highest BCUT2D eigenvalue weighted by molar-refractivity contribution is 5.83. The van der Waals surface area contributed by atoms with E-state index in [-0.39, 0.29) is 13.0 Å². The Morgan fingerprint density at radius 3 is 2.16 bits per heavy atom. The van der Waals surface area contributed by atoms with E-state index in [4.69, 9.17) is 10.8 Å². The molecule has 19 heavy (non-hydrogen) atoms. The third-order valence-corrected chi connectivity index (χ3v) is 2.74. The van der Waals surface area contributed by atoms with Gasteiger partial charge in [-0.25, -0.2) is 4.79 Å². The number of amides is 3. The molecular formula is C12H23N3O4. The van der Waals surface area contributed by atoms with E-state index in [9.17, 15) is 14.4 Å². The van der Waals surface area contributed by atoms with Crippen molar-refractivity contribution in [2.45, 2.75) is 40.2 Å². The summed E-state index contributed by atoms with van der Waals surface area (Å²) >= 11 is 0. The molecule has 0 radical (unpaired) electrons. The van der Waals surface area contributed by atoms with Crippen molar-refractivity contribution < 1.29 is 19.5 Å². The number of carboxylic acid groups (broad SMARTS) is 1. The standard InChI is InChI=1S/C12H23N3O4/c1-5-15(7-9(13)16)11(19)14-8(6-10(17)18)12(2,3)4/h8H,5-7H2,1-4H3,(H2,13,16)(H,14,19)(H,17,18). The monoisotopic (exact) mass is 273 g/mol. The van der Waals surface area contributed by atoms with Crippen LogP contribution in [0.2, 0.25) is 0 Å². The van der Waals surface area contributed by atoms with Crippen LogP contribution in [-0.4, -0.2) is 47.0 Å². The van der Waals surface area contributed by atoms with E-state index in [1.54, 1.807) is 6.92 Å². The molecule has 0 aromatic carbocycles. The van der Waals surface area contributed by atoms with Crippen molar-refractivity contribution in [3.05, 3.63) is 0 Å². The van der Waals surface area contributed by atoms with Crippen LogP contribution in [0.15, 0.2) is 0 Å². The van der Waals surface area contributed by atoms with Crippen LogP contribution < -0.4 is 11.1 Å². The van der Waals surface area contributed by atoms with Gasteiger partial charge in [0.2, 0.25) is 5.91 Å². The van der Waals surface area contributed by atoms with E-state index in [0.717, 1.165) is 0 Å². The fourth-order valence-corrected chi connectivity index (χ4v) is 1.50. The van der Waals surface area contributed by atoms with Crippen LogP contribution in [0.4, 0.5) is 4.79 Å². The number of rotatable bonds is 6. The van der Waals surface area contributed by atoms with Gasteiger partial charge in [-0.2, -0.15) is 0 Å². The Balaban J connectivity index is 4.78. The number of carbonyl (C=O) groups excluding carboxylic acids is 2. The van der Waals surface area contributed by atoms with Crippen molar-refractivity contribution in [3.63, 3.8) is 0 Å². The number of primary amides is 1. The summed E-state index contributed by atoms with van der Waals surface area (Å²) in [5.41, 5.74) is 4.65. The summed E-state index contributed by atoms with van der Waals surface area (Å²) in [7, 11) is 0. The molecule has 0 aliphatic carbocycles. The lowest BCUT2D eigenvalue weighted by Crippen LogP contribution is -2.52. The first-order valence-electron chi connectivity index (χ1n) is 6.13. The number of nitrogens with two attached hydrogens (primary N) is 1. The SMILES string of the molecule is CCN(CC(N)=O)C(=O)NC(CC(=O)O)C(C)(C)C. The fourth-order valence-electron chi connectivity index (χ4n) is 1.50. The number of nitrogens with zero attached hydrogens (tertiary/aromatic N) is 1. The topological polar surface area (TPSA) is 113 Å². The van der Waals surface area contributed by atoms with Gasteiger partial charge in [0.15, 0.2) is 0 Å². The molecule has 0 aliphatic rings. The third kappa shape index (κ3) is 6.64. The second kappa shape index (κ2) is 6.96. The molecule has 7 heteroatoms. The van der Waals surface area contributed by atoms with Crippen molar-refractivity contribution in [1.82, 2.24) is 10.2 Å². The van der Waals surface area contributed by atoms with Gasteiger partial charge in [0.1, 0.15) is 6.54 Å². The normalized spacial score (nSPS) is 12.6. The van der Waals surface area contributed by atoms with E-state index >= 15 is 0 Å². The van der Waals surface area contributed by atoms with Crippen molar-refractivity contribution in [3.8, 4) is 0 Å². The summed E-state index contributed by atoms with van der Waals surface area (Å²) in [6, 6.07) is -1.01. The first kappa shape index (κ1) is 17.2. The molecule has 3 amide bonds. The van der Waals surface area contributed by atoms with E-state index < -0.39 is 29.4 Å². The highest BCUT2D eigenvalue weighted by Crippen LogP contribution is 2.22. The van der Waals surface area contributed by atoms with Crippen LogP contribution in [0, 0.1) is 5.41 Å². The van der Waals surface area contributed by atoms with Crippen molar-refractivity contribution in [2.24, 2.45) is 11.1 Å². The Hall–Kier alpha value is -1.79. The predicted molar refractivity (Wildman–Crippen MR) is 70.5 cm³/mol. The van der Waals surface area contributed by atoms with Crippen LogP contribution in [0.3, 0.4) is 0 Å². The number of carboxylic acids is 1. The van der Waals surface area contributed by atoms with Gasteiger partial charge in [0.05, 0.1) is 6.42 Å². The number of hydrogen-bond donors (Lipinski definition) is 3. The third-order valence-electron chi connectivity index (χ3n) is 2.74. The lowest BCUT2D eigenvalue weighted by atomic mass is 9.85. The van der Waals surface area contributed by atoms with Gasteiger partial charge in [-0.15, -0.1) is 0 Å². The Kier molecular flexibility index (Phi) is 6.31. The number of urea groups is 1. The number of hydrogen-bond acceptors (Lipinski definition) is 3. The van der Waals surface area contributed by atoms with E-state index in [1.165, 1.54) is 4.90 Å². The molecule has 110 valence electrons. The summed E-state index contributed by atoms with van der Waals surface area (Å²) < 4.78 is 0. The number of carbonyl (C=O) groups is 3. The van der Waals surface area contributed by atoms with Gasteiger partial charge < -0.3 is 21.1 Å². The van der Waals surface area contributed by atoms with E-state index in [0.29, 0.717) is 6.54 Å². The highest BCUT2D eigenvalue weighted by atomic mass is 16.4. The second-order valence-corrected chi connectivity index (χ2v) is 5.45. The number of nitrogens with one attached hydrogen (secondary N) is 1. The molecule has 0 saturated heterocycles. The number of likely N-dealkylation sites (N-methyl/N-ethyl adjacent to an activating group) is 1. The van der Waals surface area contributed by atoms with Gasteiger partial charge >= 0.3 is 12.0 Å². The zero-order valence-corrected chi connectivity index (χ0v) is 11.9. The van der Waals surface area contributed by atoms with E-state index in [2.05, 4.69) is 5.32 Å². The van der Waals surface area contributed by atoms with Crippen LogP contribution >= 0.6 is 0 Å². The van der Waals surface area contributed by atoms with Crippen LogP contribution in [0.1, 0.15) is 34.1 Å². The minimum Gasteiger partial charge on any atom is -0.481 e. The van der Waals surface area contributed by atoms with Gasteiger partial charge in [0, 0.05) is 12.6 Å². The molecular weight excluding hydrogens is 250 g/mol. The first-order valence-corrected chi connectivity index (χ1v) is 6.13. The van der Waals surface area contributed by atoms with Crippen LogP contribution in [0.25, 0.3) is 0 Å². The molecule has 0 aromatic rings. The molecule has 0 spiro atoms. The molecule has 0 aromatic heterocycles. The van der Waals surface area contributed by atoms with E-state index in [1.807, 2.05) is 20.8 Å². The summed E-state index contributed by atoms with van der Waals surface area (Å²) in [6.07, 6.45) is -0.177. The highest BCUT2D eigenvalue weighted by Gasteiger charge is 2.29. The molecule has 0 fully saturated rings. The first-order chi connectivity index (χ1) is 8.57. The molecule has 1 unspecified atom stereocenters. The fraction of sp³-hybridized carbons (Fsp3) is 0.750. The lowest BCUT2D eigenvalue weighted by Gasteiger charge is -2.32. The van der Waals surface area contributed by atoms with Crippen molar-refractivity contribution >= 4 is 17.9 Å². The van der Waals surface area contributed by atoms with Gasteiger partial charge in [-0.3, -0.25) is 9.59 Å². The minimum absolute atomic E-state index is 0.177. The Bertz CT molecular complexity index is 349. The molecule has 7 nitrogen and oxygen atoms in total. The average Bonchev–Trinajstić information content (AvgIpc) is 2.22. The Morgan fingerprint density at radius 2 is 1.84 bits per heavy atom. The Labute approximate surface area is 113 Å². The van der Waals surface area contributed by atoms with Crippen LogP contribution in [0.5, 0.6) is 0 Å². The maximum absolute atomic E-state index is 12.0. The summed E-state index contributed by atoms with van der Waals surface area (Å²) in [5.74, 6) is -1.60. The molecule has 0 heterocycles. The lowest BCUT2D eigenvalue weighted by molar-refractivity contribution is -0.138. The quantitative estimate of drug-likeness (QED) is 0.649. The largest absolute Gasteiger partial charge is 0.481 e. The van der Waals surface area contributed by atoms with Crippen LogP contribution in [-0.2, 0) is 9.59 Å². The maximum Gasteiger partial charge on any atom is 0.318 e. The van der Waals surface area contributed by atoms with Gasteiger partial charge in [-0.1, -0.05) is 20.8 Å².